The lowest BCUT2D eigenvalue weighted by Gasteiger charge is -2.11. The minimum atomic E-state index is -3.45. The molecule has 0 atom stereocenters. The fourth-order valence-corrected chi connectivity index (χ4v) is 3.49. The molecular formula is C20H17ClN2O3S. The van der Waals surface area contributed by atoms with Gasteiger partial charge in [0, 0.05) is 34.9 Å². The van der Waals surface area contributed by atoms with Gasteiger partial charge >= 0.3 is 0 Å². The number of benzene rings is 2. The van der Waals surface area contributed by atoms with Crippen molar-refractivity contribution in [3.05, 3.63) is 77.6 Å². The highest BCUT2D eigenvalue weighted by Crippen LogP contribution is 2.27. The number of hydrogen-bond acceptors (Lipinski definition) is 4. The predicted molar refractivity (Wildman–Crippen MR) is 107 cm³/mol. The van der Waals surface area contributed by atoms with Crippen molar-refractivity contribution in [2.45, 2.75) is 11.3 Å². The van der Waals surface area contributed by atoms with Gasteiger partial charge in [0.05, 0.1) is 11.3 Å². The van der Waals surface area contributed by atoms with Crippen LogP contribution in [-0.2, 0) is 21.1 Å². The third-order valence-corrected chi connectivity index (χ3v) is 5.38. The van der Waals surface area contributed by atoms with E-state index in [0.29, 0.717) is 21.8 Å². The Morgan fingerprint density at radius 2 is 1.85 bits per heavy atom. The number of nitrogens with zero attached hydrogens (tertiary/aromatic N) is 1. The fourth-order valence-electron chi connectivity index (χ4n) is 2.61. The van der Waals surface area contributed by atoms with Crippen LogP contribution in [0.2, 0.25) is 5.02 Å². The molecule has 0 bridgehead atoms. The molecule has 0 aliphatic heterocycles. The monoisotopic (exact) mass is 400 g/mol. The highest BCUT2D eigenvalue weighted by molar-refractivity contribution is 7.90. The van der Waals surface area contributed by atoms with E-state index in [0.717, 1.165) is 11.8 Å². The largest absolute Gasteiger partial charge is 0.326 e. The number of pyridine rings is 1. The van der Waals surface area contributed by atoms with E-state index in [9.17, 15) is 13.2 Å². The number of halogens is 1. The molecule has 2 aromatic carbocycles. The van der Waals surface area contributed by atoms with Crippen molar-refractivity contribution in [3.8, 4) is 11.1 Å². The summed E-state index contributed by atoms with van der Waals surface area (Å²) in [6.45, 7) is 0. The third kappa shape index (κ3) is 4.93. The highest BCUT2D eigenvalue weighted by Gasteiger charge is 2.14. The number of rotatable bonds is 5. The van der Waals surface area contributed by atoms with Crippen molar-refractivity contribution in [2.24, 2.45) is 0 Å². The molecule has 0 aliphatic carbocycles. The molecule has 0 fully saturated rings. The van der Waals surface area contributed by atoms with E-state index >= 15 is 0 Å². The average Bonchev–Trinajstić information content (AvgIpc) is 2.63. The van der Waals surface area contributed by atoms with Gasteiger partial charge in [-0.05, 0) is 41.5 Å². The molecule has 1 heterocycles. The summed E-state index contributed by atoms with van der Waals surface area (Å²) >= 11 is 6.10. The Hall–Kier alpha value is -2.70. The van der Waals surface area contributed by atoms with E-state index in [1.54, 1.807) is 54.9 Å². The van der Waals surface area contributed by atoms with Crippen LogP contribution in [0.5, 0.6) is 0 Å². The maximum Gasteiger partial charge on any atom is 0.228 e. The second-order valence-corrected chi connectivity index (χ2v) is 8.50. The number of carbonyl (C=O) groups excluding carboxylic acids is 1. The second-order valence-electron chi connectivity index (χ2n) is 6.08. The van der Waals surface area contributed by atoms with Gasteiger partial charge in [-0.25, -0.2) is 8.42 Å². The minimum Gasteiger partial charge on any atom is -0.326 e. The quantitative estimate of drug-likeness (QED) is 0.702. The van der Waals surface area contributed by atoms with Gasteiger partial charge in [0.25, 0.3) is 0 Å². The summed E-state index contributed by atoms with van der Waals surface area (Å²) < 4.78 is 24.1. The number of nitrogens with one attached hydrogen (secondary N) is 1. The van der Waals surface area contributed by atoms with E-state index in [1.165, 1.54) is 6.07 Å². The Bertz CT molecular complexity index is 1080. The molecule has 0 unspecified atom stereocenters. The normalized spacial score (nSPS) is 11.2. The van der Waals surface area contributed by atoms with Crippen molar-refractivity contribution in [2.75, 3.05) is 11.6 Å². The van der Waals surface area contributed by atoms with Crippen LogP contribution in [0.25, 0.3) is 11.1 Å². The molecule has 1 aromatic heterocycles. The molecule has 1 amide bonds. The Morgan fingerprint density at radius 1 is 1.07 bits per heavy atom. The molecule has 5 nitrogen and oxygen atoms in total. The van der Waals surface area contributed by atoms with E-state index in [1.807, 2.05) is 6.07 Å². The standard InChI is InChI=1S/C20H17ClN2O3S/c1-27(25,26)18-10-16(15-6-4-8-22-13-15)9-17(12-18)23-20(24)11-14-5-2-3-7-19(14)21/h2-10,12-13H,11H2,1H3,(H,23,24). The number of carbonyl (C=O) groups is 1. The zero-order chi connectivity index (χ0) is 19.4. The van der Waals surface area contributed by atoms with Gasteiger partial charge in [-0.1, -0.05) is 35.9 Å². The number of aromatic nitrogens is 1. The molecule has 138 valence electrons. The van der Waals surface area contributed by atoms with Crippen molar-refractivity contribution in [3.63, 3.8) is 0 Å². The van der Waals surface area contributed by atoms with E-state index in [2.05, 4.69) is 10.3 Å². The van der Waals surface area contributed by atoms with E-state index < -0.39 is 9.84 Å². The summed E-state index contributed by atoms with van der Waals surface area (Å²) in [4.78, 5) is 16.6. The second kappa shape index (κ2) is 7.90. The van der Waals surface area contributed by atoms with Crippen LogP contribution in [0.15, 0.2) is 71.9 Å². The SMILES string of the molecule is CS(=O)(=O)c1cc(NC(=O)Cc2ccccc2Cl)cc(-c2cccnc2)c1. The predicted octanol–water partition coefficient (Wildman–Crippen LogP) is 3.99. The first-order valence-electron chi connectivity index (χ1n) is 8.12. The van der Waals surface area contributed by atoms with Gasteiger partial charge in [0.1, 0.15) is 0 Å². The molecule has 1 N–H and O–H groups in total. The first kappa shape index (κ1) is 19.1. The summed E-state index contributed by atoms with van der Waals surface area (Å²) in [6.07, 6.45) is 4.49. The van der Waals surface area contributed by atoms with Crippen LogP contribution in [0, 0.1) is 0 Å². The minimum absolute atomic E-state index is 0.0883. The van der Waals surface area contributed by atoms with E-state index in [-0.39, 0.29) is 17.2 Å². The molecule has 3 aromatic rings. The molecule has 0 saturated heterocycles. The number of amides is 1. The van der Waals surface area contributed by atoms with Gasteiger partial charge in [0.15, 0.2) is 9.84 Å². The maximum atomic E-state index is 12.4. The van der Waals surface area contributed by atoms with Gasteiger partial charge in [-0.3, -0.25) is 9.78 Å². The lowest BCUT2D eigenvalue weighted by atomic mass is 10.1. The first-order chi connectivity index (χ1) is 12.8. The van der Waals surface area contributed by atoms with Crippen molar-refractivity contribution in [1.82, 2.24) is 4.98 Å². The van der Waals surface area contributed by atoms with Gasteiger partial charge in [-0.15, -0.1) is 0 Å². The average molecular weight is 401 g/mol. The fraction of sp³-hybridized carbons (Fsp3) is 0.100. The summed E-state index contributed by atoms with van der Waals surface area (Å²) in [5.74, 6) is -0.286. The van der Waals surface area contributed by atoms with Gasteiger partial charge in [0.2, 0.25) is 5.91 Å². The highest BCUT2D eigenvalue weighted by atomic mass is 35.5. The summed E-state index contributed by atoms with van der Waals surface area (Å²) in [5.41, 5.74) is 2.50. The molecule has 0 saturated carbocycles. The van der Waals surface area contributed by atoms with Crippen LogP contribution in [-0.4, -0.2) is 25.6 Å². The Kier molecular flexibility index (Phi) is 5.58. The van der Waals surface area contributed by atoms with Crippen LogP contribution >= 0.6 is 11.6 Å². The number of hydrogen-bond donors (Lipinski definition) is 1. The summed E-state index contributed by atoms with van der Waals surface area (Å²) in [6, 6.07) is 15.4. The molecule has 0 aliphatic rings. The van der Waals surface area contributed by atoms with Gasteiger partial charge < -0.3 is 5.32 Å². The Balaban J connectivity index is 1.92. The zero-order valence-corrected chi connectivity index (χ0v) is 16.1. The molecule has 7 heteroatoms. The molecular weight excluding hydrogens is 384 g/mol. The van der Waals surface area contributed by atoms with Gasteiger partial charge in [-0.2, -0.15) is 0 Å². The van der Waals surface area contributed by atoms with Crippen LogP contribution in [0.3, 0.4) is 0 Å². The van der Waals surface area contributed by atoms with Crippen molar-refractivity contribution < 1.29 is 13.2 Å². The lowest BCUT2D eigenvalue weighted by Crippen LogP contribution is -2.15. The third-order valence-electron chi connectivity index (χ3n) is 3.92. The Morgan fingerprint density at radius 3 is 2.52 bits per heavy atom. The Labute approximate surface area is 163 Å². The zero-order valence-electron chi connectivity index (χ0n) is 14.5. The maximum absolute atomic E-state index is 12.4. The number of sulfone groups is 1. The van der Waals surface area contributed by atoms with E-state index in [4.69, 9.17) is 11.6 Å². The summed E-state index contributed by atoms with van der Waals surface area (Å²) in [5, 5.41) is 3.27. The number of anilines is 1. The first-order valence-corrected chi connectivity index (χ1v) is 10.4. The molecule has 0 radical (unpaired) electrons. The lowest BCUT2D eigenvalue weighted by molar-refractivity contribution is -0.115. The molecule has 3 rings (SSSR count). The summed E-state index contributed by atoms with van der Waals surface area (Å²) in [7, 11) is -3.45. The van der Waals surface area contributed by atoms with Crippen molar-refractivity contribution in [1.29, 1.82) is 0 Å². The van der Waals surface area contributed by atoms with Crippen LogP contribution in [0.1, 0.15) is 5.56 Å². The molecule has 27 heavy (non-hydrogen) atoms. The smallest absolute Gasteiger partial charge is 0.228 e. The van der Waals surface area contributed by atoms with Crippen LogP contribution < -0.4 is 5.32 Å². The van der Waals surface area contributed by atoms with Crippen LogP contribution in [0.4, 0.5) is 5.69 Å². The topological polar surface area (TPSA) is 76.1 Å². The molecule has 0 spiro atoms. The van der Waals surface area contributed by atoms with Crippen molar-refractivity contribution >= 4 is 33.0 Å².